The average molecular weight is 401 g/mol. The number of hydrogen-bond donors (Lipinski definition) is 0. The van der Waals surface area contributed by atoms with Gasteiger partial charge in [0.1, 0.15) is 18.1 Å². The van der Waals surface area contributed by atoms with Crippen molar-refractivity contribution < 1.29 is 13.9 Å². The number of benzene rings is 3. The van der Waals surface area contributed by atoms with Gasteiger partial charge in [-0.25, -0.2) is 4.79 Å². The second-order valence-corrected chi connectivity index (χ2v) is 6.94. The Kier molecular flexibility index (Phi) is 5.70. The van der Waals surface area contributed by atoms with Gasteiger partial charge < -0.3 is 13.9 Å². The SMILES string of the molecule is COc1oc(=O)n(C(C)c2ccccc2)c1-c1ccccc1OCc1ccccc1. The van der Waals surface area contributed by atoms with Crippen LogP contribution in [0.15, 0.2) is 94.1 Å². The molecule has 5 heteroatoms. The van der Waals surface area contributed by atoms with Crippen LogP contribution >= 0.6 is 0 Å². The molecule has 0 amide bonds. The number of methoxy groups -OCH3 is 1. The van der Waals surface area contributed by atoms with Crippen LogP contribution in [0.4, 0.5) is 0 Å². The number of nitrogens with zero attached hydrogens (tertiary/aromatic N) is 1. The fourth-order valence-electron chi connectivity index (χ4n) is 3.50. The molecule has 3 aromatic carbocycles. The fourth-order valence-corrected chi connectivity index (χ4v) is 3.50. The normalized spacial score (nSPS) is 11.8. The van der Waals surface area contributed by atoms with Gasteiger partial charge in [-0.2, -0.15) is 0 Å². The van der Waals surface area contributed by atoms with E-state index in [2.05, 4.69) is 0 Å². The summed E-state index contributed by atoms with van der Waals surface area (Å²) in [5, 5.41) is 0. The van der Waals surface area contributed by atoms with Gasteiger partial charge in [0.15, 0.2) is 0 Å². The lowest BCUT2D eigenvalue weighted by Crippen LogP contribution is -2.20. The molecule has 30 heavy (non-hydrogen) atoms. The van der Waals surface area contributed by atoms with E-state index in [0.29, 0.717) is 18.1 Å². The highest BCUT2D eigenvalue weighted by molar-refractivity contribution is 5.71. The van der Waals surface area contributed by atoms with Gasteiger partial charge in [-0.15, -0.1) is 0 Å². The number of ether oxygens (including phenoxy) is 2. The van der Waals surface area contributed by atoms with Crippen LogP contribution in [0.2, 0.25) is 0 Å². The van der Waals surface area contributed by atoms with E-state index < -0.39 is 5.76 Å². The summed E-state index contributed by atoms with van der Waals surface area (Å²) in [6, 6.07) is 27.1. The Morgan fingerprint density at radius 2 is 1.53 bits per heavy atom. The summed E-state index contributed by atoms with van der Waals surface area (Å²) in [5.74, 6) is 0.337. The maximum absolute atomic E-state index is 12.8. The van der Waals surface area contributed by atoms with E-state index >= 15 is 0 Å². The molecule has 0 saturated heterocycles. The predicted octanol–water partition coefficient (Wildman–Crippen LogP) is 5.31. The molecule has 1 atom stereocenters. The lowest BCUT2D eigenvalue weighted by atomic mass is 10.1. The van der Waals surface area contributed by atoms with Gasteiger partial charge in [0.25, 0.3) is 0 Å². The molecule has 0 bridgehead atoms. The van der Waals surface area contributed by atoms with Crippen LogP contribution in [0.5, 0.6) is 11.7 Å². The Morgan fingerprint density at radius 3 is 2.23 bits per heavy atom. The molecule has 0 saturated carbocycles. The van der Waals surface area contributed by atoms with Gasteiger partial charge in [-0.05, 0) is 30.2 Å². The number of para-hydroxylation sites is 1. The molecule has 0 radical (unpaired) electrons. The van der Waals surface area contributed by atoms with Crippen molar-refractivity contribution in [3.05, 3.63) is 107 Å². The highest BCUT2D eigenvalue weighted by atomic mass is 16.6. The van der Waals surface area contributed by atoms with Crippen LogP contribution in [0.1, 0.15) is 24.1 Å². The third-order valence-electron chi connectivity index (χ3n) is 5.04. The lowest BCUT2D eigenvalue weighted by Gasteiger charge is -2.17. The van der Waals surface area contributed by atoms with Gasteiger partial charge in [-0.3, -0.25) is 4.57 Å². The molecule has 1 heterocycles. The van der Waals surface area contributed by atoms with Crippen molar-refractivity contribution in [3.63, 3.8) is 0 Å². The Hall–Kier alpha value is -3.73. The fraction of sp³-hybridized carbons (Fsp3) is 0.160. The molecule has 0 spiro atoms. The summed E-state index contributed by atoms with van der Waals surface area (Å²) in [6.07, 6.45) is 0. The standard InChI is InChI=1S/C25H23NO4/c1-18(20-13-7-4-8-14-20)26-23(24(28-2)30-25(26)27)21-15-9-10-16-22(21)29-17-19-11-5-3-6-12-19/h3-16,18H,17H2,1-2H3. The zero-order valence-electron chi connectivity index (χ0n) is 16.9. The molecular weight excluding hydrogens is 378 g/mol. The second-order valence-electron chi connectivity index (χ2n) is 6.94. The molecule has 0 N–H and O–H groups in total. The molecule has 0 aliphatic carbocycles. The summed E-state index contributed by atoms with van der Waals surface area (Å²) < 4.78 is 18.6. The lowest BCUT2D eigenvalue weighted by molar-refractivity contribution is 0.292. The first-order chi connectivity index (χ1) is 14.7. The first-order valence-corrected chi connectivity index (χ1v) is 9.79. The van der Waals surface area contributed by atoms with Crippen molar-refractivity contribution in [3.8, 4) is 23.0 Å². The summed E-state index contributed by atoms with van der Waals surface area (Å²) >= 11 is 0. The molecule has 152 valence electrons. The maximum Gasteiger partial charge on any atom is 0.423 e. The largest absolute Gasteiger partial charge is 0.488 e. The quantitative estimate of drug-likeness (QED) is 0.421. The molecule has 0 fully saturated rings. The Balaban J connectivity index is 1.78. The first kappa shape index (κ1) is 19.6. The number of hydrogen-bond acceptors (Lipinski definition) is 4. The van der Waals surface area contributed by atoms with Crippen molar-refractivity contribution in [1.29, 1.82) is 0 Å². The van der Waals surface area contributed by atoms with Gasteiger partial charge in [0, 0.05) is 5.56 Å². The van der Waals surface area contributed by atoms with E-state index in [1.54, 1.807) is 4.57 Å². The third-order valence-corrected chi connectivity index (χ3v) is 5.04. The van der Waals surface area contributed by atoms with E-state index in [-0.39, 0.29) is 12.0 Å². The summed E-state index contributed by atoms with van der Waals surface area (Å²) in [7, 11) is 1.49. The van der Waals surface area contributed by atoms with E-state index in [0.717, 1.165) is 16.7 Å². The summed E-state index contributed by atoms with van der Waals surface area (Å²) in [4.78, 5) is 12.8. The molecule has 5 nitrogen and oxygen atoms in total. The van der Waals surface area contributed by atoms with Crippen LogP contribution in [-0.2, 0) is 6.61 Å². The van der Waals surface area contributed by atoms with E-state index in [4.69, 9.17) is 13.9 Å². The van der Waals surface area contributed by atoms with E-state index in [1.807, 2.05) is 91.9 Å². The van der Waals surface area contributed by atoms with Crippen LogP contribution < -0.4 is 15.2 Å². The number of aromatic nitrogens is 1. The summed E-state index contributed by atoms with van der Waals surface area (Å²) in [6.45, 7) is 2.37. The Labute approximate surface area is 175 Å². The van der Waals surface area contributed by atoms with Crippen molar-refractivity contribution in [2.45, 2.75) is 19.6 Å². The molecule has 4 rings (SSSR count). The van der Waals surface area contributed by atoms with E-state index in [9.17, 15) is 4.79 Å². The number of oxazole rings is 1. The highest BCUT2D eigenvalue weighted by Crippen LogP contribution is 2.38. The second kappa shape index (κ2) is 8.74. The molecule has 0 aliphatic rings. The smallest absolute Gasteiger partial charge is 0.423 e. The van der Waals surface area contributed by atoms with Crippen molar-refractivity contribution >= 4 is 0 Å². The first-order valence-electron chi connectivity index (χ1n) is 9.79. The van der Waals surface area contributed by atoms with Gasteiger partial charge in [0.2, 0.25) is 0 Å². The van der Waals surface area contributed by atoms with Gasteiger partial charge in [0.05, 0.1) is 13.2 Å². The minimum atomic E-state index is -0.476. The Bertz CT molecular complexity index is 1160. The maximum atomic E-state index is 12.8. The number of rotatable bonds is 7. The molecule has 0 aliphatic heterocycles. The summed E-state index contributed by atoms with van der Waals surface area (Å²) in [5.41, 5.74) is 3.34. The van der Waals surface area contributed by atoms with E-state index in [1.165, 1.54) is 7.11 Å². The molecule has 1 unspecified atom stereocenters. The van der Waals surface area contributed by atoms with Crippen LogP contribution in [0, 0.1) is 0 Å². The minimum absolute atomic E-state index is 0.165. The van der Waals surface area contributed by atoms with Crippen LogP contribution in [0.3, 0.4) is 0 Å². The zero-order chi connectivity index (χ0) is 20.9. The third kappa shape index (κ3) is 3.87. The molecule has 1 aromatic heterocycles. The van der Waals surface area contributed by atoms with Crippen molar-refractivity contribution in [2.24, 2.45) is 0 Å². The molecule has 4 aromatic rings. The van der Waals surface area contributed by atoms with Crippen molar-refractivity contribution in [2.75, 3.05) is 7.11 Å². The Morgan fingerprint density at radius 1 is 0.900 bits per heavy atom. The minimum Gasteiger partial charge on any atom is -0.488 e. The topological polar surface area (TPSA) is 53.6 Å². The predicted molar refractivity (Wildman–Crippen MR) is 116 cm³/mol. The highest BCUT2D eigenvalue weighted by Gasteiger charge is 2.26. The average Bonchev–Trinajstić information content (AvgIpc) is 3.14. The molecular formula is C25H23NO4. The van der Waals surface area contributed by atoms with Gasteiger partial charge in [-0.1, -0.05) is 72.8 Å². The van der Waals surface area contributed by atoms with Gasteiger partial charge >= 0.3 is 11.7 Å². The zero-order valence-corrected chi connectivity index (χ0v) is 16.9. The van der Waals surface area contributed by atoms with Crippen LogP contribution in [-0.4, -0.2) is 11.7 Å². The van der Waals surface area contributed by atoms with Crippen molar-refractivity contribution in [1.82, 2.24) is 4.57 Å². The monoisotopic (exact) mass is 401 g/mol. The van der Waals surface area contributed by atoms with Crippen LogP contribution in [0.25, 0.3) is 11.3 Å².